The van der Waals surface area contributed by atoms with Gasteiger partial charge in [0.1, 0.15) is 11.5 Å². The van der Waals surface area contributed by atoms with Crippen LogP contribution in [0.2, 0.25) is 0 Å². The third kappa shape index (κ3) is 2.59. The fourth-order valence-electron chi connectivity index (χ4n) is 6.20. The van der Waals surface area contributed by atoms with E-state index in [0.29, 0.717) is 22.5 Å². The highest BCUT2D eigenvalue weighted by Gasteiger charge is 2.58. The van der Waals surface area contributed by atoms with Crippen molar-refractivity contribution in [3.63, 3.8) is 0 Å². The van der Waals surface area contributed by atoms with Crippen molar-refractivity contribution in [3.05, 3.63) is 58.7 Å². The van der Waals surface area contributed by atoms with Crippen LogP contribution in [-0.2, 0) is 15.4 Å². The van der Waals surface area contributed by atoms with Gasteiger partial charge in [-0.2, -0.15) is 0 Å². The van der Waals surface area contributed by atoms with E-state index >= 15 is 0 Å². The van der Waals surface area contributed by atoms with Crippen molar-refractivity contribution < 1.29 is 29.3 Å². The zero-order valence-corrected chi connectivity index (χ0v) is 20.9. The normalized spacial score (nSPS) is 24.5. The Hall–Kier alpha value is -3.91. The lowest BCUT2D eigenvalue weighted by Gasteiger charge is -2.39. The number of benzene rings is 2. The van der Waals surface area contributed by atoms with Gasteiger partial charge in [-0.1, -0.05) is 12.2 Å². The summed E-state index contributed by atoms with van der Waals surface area (Å²) in [5.41, 5.74) is 2.76. The minimum Gasteiger partial charge on any atom is -0.508 e. The highest BCUT2D eigenvalue weighted by Crippen LogP contribution is 2.53. The van der Waals surface area contributed by atoms with Gasteiger partial charge in [-0.15, -0.1) is 0 Å². The molecule has 0 aromatic heterocycles. The van der Waals surface area contributed by atoms with E-state index in [-0.39, 0.29) is 22.6 Å². The van der Waals surface area contributed by atoms with Crippen LogP contribution < -0.4 is 14.5 Å². The highest BCUT2D eigenvalue weighted by atomic mass is 16.6. The fourth-order valence-corrected chi connectivity index (χ4v) is 6.20. The summed E-state index contributed by atoms with van der Waals surface area (Å²) in [6, 6.07) is 5.91. The van der Waals surface area contributed by atoms with Gasteiger partial charge < -0.3 is 14.9 Å². The first-order valence-corrected chi connectivity index (χ1v) is 11.8. The summed E-state index contributed by atoms with van der Waals surface area (Å²) in [4.78, 5) is 42.5. The number of nitrogens with zero attached hydrogens (tertiary/aromatic N) is 2. The van der Waals surface area contributed by atoms with Crippen molar-refractivity contribution in [2.75, 3.05) is 9.80 Å². The Bertz CT molecular complexity index is 1530. The molecule has 184 valence electrons. The van der Waals surface area contributed by atoms with Gasteiger partial charge in [-0.05, 0) is 77.0 Å². The van der Waals surface area contributed by atoms with E-state index in [1.54, 1.807) is 12.1 Å². The number of Topliss-reactive ketones (excluding diaryl/α,β-unsaturated/α-hetero) is 1. The number of amides is 2. The second-order valence-electron chi connectivity index (χ2n) is 11.1. The van der Waals surface area contributed by atoms with Gasteiger partial charge in [0.25, 0.3) is 11.7 Å². The molecule has 0 radical (unpaired) electrons. The number of carbonyl (C=O) groups is 3. The zero-order chi connectivity index (χ0) is 26.1. The molecule has 6 rings (SSSR count). The number of carbonyl (C=O) groups excluding carboxylic acids is 3. The molecule has 0 saturated heterocycles. The van der Waals surface area contributed by atoms with Crippen LogP contribution in [0.4, 0.5) is 11.4 Å². The van der Waals surface area contributed by atoms with Gasteiger partial charge in [-0.25, -0.2) is 0 Å². The topological polar surface area (TPSA) is 107 Å². The molecule has 4 heterocycles. The minimum absolute atomic E-state index is 0.0643. The van der Waals surface area contributed by atoms with E-state index in [9.17, 15) is 24.6 Å². The molecular formula is C28H26N2O6. The molecule has 0 saturated carbocycles. The third-order valence-electron chi connectivity index (χ3n) is 7.53. The molecule has 1 unspecified atom stereocenters. The Kier molecular flexibility index (Phi) is 4.04. The number of hydrogen-bond acceptors (Lipinski definition) is 6. The summed E-state index contributed by atoms with van der Waals surface area (Å²) in [5.74, 6) is -4.50. The van der Waals surface area contributed by atoms with Gasteiger partial charge >= 0.3 is 11.7 Å². The number of aliphatic hydroxyl groups is 1. The van der Waals surface area contributed by atoms with E-state index in [4.69, 9.17) is 4.74 Å². The molecular weight excluding hydrogens is 460 g/mol. The largest absolute Gasteiger partial charge is 0.508 e. The molecule has 2 N–H and O–H groups in total. The molecule has 2 amide bonds. The standard InChI is InChI=1S/C28H26N2O6/c1-13-12-27(5,6)30-22-17(13)7-15(31)8-20(22)28(35,25(30)34)36-16-9-18-14(2)11-26(3,4)29-21(18)19(10-16)23(32)24(29)33/h7-12,31,35H,1-6H3. The predicted octanol–water partition coefficient (Wildman–Crippen LogP) is 3.88. The zero-order valence-electron chi connectivity index (χ0n) is 20.9. The Labute approximate surface area is 208 Å². The van der Waals surface area contributed by atoms with E-state index in [2.05, 4.69) is 0 Å². The first kappa shape index (κ1) is 22.5. The van der Waals surface area contributed by atoms with E-state index in [1.807, 2.05) is 53.7 Å². The highest BCUT2D eigenvalue weighted by molar-refractivity contribution is 6.53. The van der Waals surface area contributed by atoms with Gasteiger partial charge in [0.2, 0.25) is 0 Å². The first-order chi connectivity index (χ1) is 16.7. The van der Waals surface area contributed by atoms with E-state index < -0.39 is 34.5 Å². The van der Waals surface area contributed by atoms with Crippen LogP contribution in [0, 0.1) is 0 Å². The summed E-state index contributed by atoms with van der Waals surface area (Å²) in [7, 11) is 0. The predicted molar refractivity (Wildman–Crippen MR) is 134 cm³/mol. The van der Waals surface area contributed by atoms with Crippen LogP contribution in [0.25, 0.3) is 11.1 Å². The molecule has 4 aliphatic heterocycles. The van der Waals surface area contributed by atoms with Crippen molar-refractivity contribution in [2.45, 2.75) is 58.4 Å². The average molecular weight is 487 g/mol. The smallest absolute Gasteiger partial charge is 0.318 e. The maximum Gasteiger partial charge on any atom is 0.318 e. The maximum atomic E-state index is 13.8. The van der Waals surface area contributed by atoms with Crippen molar-refractivity contribution >= 4 is 40.1 Å². The molecule has 36 heavy (non-hydrogen) atoms. The molecule has 8 heteroatoms. The maximum absolute atomic E-state index is 13.8. The molecule has 1 atom stereocenters. The lowest BCUT2D eigenvalue weighted by Crippen LogP contribution is -2.52. The van der Waals surface area contributed by atoms with Crippen LogP contribution >= 0.6 is 0 Å². The molecule has 2 aromatic carbocycles. The van der Waals surface area contributed by atoms with Crippen LogP contribution in [0.3, 0.4) is 0 Å². The number of hydrogen-bond donors (Lipinski definition) is 2. The van der Waals surface area contributed by atoms with Gasteiger partial charge in [0, 0.05) is 11.1 Å². The van der Waals surface area contributed by atoms with Crippen LogP contribution in [0.5, 0.6) is 11.5 Å². The quantitative estimate of drug-likeness (QED) is 0.493. The number of phenolic OH excluding ortho intramolecular Hbond substituents is 1. The van der Waals surface area contributed by atoms with E-state index in [0.717, 1.165) is 11.1 Å². The molecule has 8 nitrogen and oxygen atoms in total. The van der Waals surface area contributed by atoms with Crippen LogP contribution in [0.1, 0.15) is 68.6 Å². The molecule has 0 bridgehead atoms. The van der Waals surface area contributed by atoms with Gasteiger partial charge in [-0.3, -0.25) is 24.2 Å². The van der Waals surface area contributed by atoms with Crippen LogP contribution in [-0.4, -0.2) is 38.9 Å². The molecule has 0 aliphatic carbocycles. The van der Waals surface area contributed by atoms with E-state index in [1.165, 1.54) is 21.9 Å². The van der Waals surface area contributed by atoms with Crippen molar-refractivity contribution in [1.82, 2.24) is 0 Å². The van der Waals surface area contributed by atoms with Crippen LogP contribution in [0.15, 0.2) is 36.4 Å². The Morgan fingerprint density at radius 1 is 0.778 bits per heavy atom. The number of allylic oxidation sites excluding steroid dienone is 2. The fraction of sp³-hybridized carbons (Fsp3) is 0.321. The lowest BCUT2D eigenvalue weighted by atomic mass is 9.88. The van der Waals surface area contributed by atoms with Gasteiger partial charge in [0.05, 0.1) is 33.6 Å². The molecule has 4 aliphatic rings. The number of ketones is 1. The SMILES string of the molecule is CC1=CC(C)(C)N2C(=O)C(=O)c3cc(OC4(O)C(=O)N5c6c(cc(O)cc64)C(C)=CC5(C)C)cc1c32. The second kappa shape index (κ2) is 6.44. The summed E-state index contributed by atoms with van der Waals surface area (Å²) in [6.07, 6.45) is 3.80. The lowest BCUT2D eigenvalue weighted by molar-refractivity contribution is -0.173. The molecule has 2 aromatic rings. The number of rotatable bonds is 2. The summed E-state index contributed by atoms with van der Waals surface area (Å²) < 4.78 is 6.03. The number of ether oxygens (including phenoxy) is 1. The van der Waals surface area contributed by atoms with Crippen molar-refractivity contribution in [1.29, 1.82) is 0 Å². The molecule has 0 fully saturated rings. The van der Waals surface area contributed by atoms with Crippen molar-refractivity contribution in [2.24, 2.45) is 0 Å². The monoisotopic (exact) mass is 486 g/mol. The summed E-state index contributed by atoms with van der Waals surface area (Å²) >= 11 is 0. The van der Waals surface area contributed by atoms with Gasteiger partial charge in [0.15, 0.2) is 0 Å². The average Bonchev–Trinajstić information content (AvgIpc) is 3.14. The first-order valence-electron chi connectivity index (χ1n) is 11.8. The molecule has 0 spiro atoms. The number of aromatic hydroxyl groups is 1. The summed E-state index contributed by atoms with van der Waals surface area (Å²) in [6.45, 7) is 11.2. The Balaban J connectivity index is 1.53. The number of anilines is 2. The minimum atomic E-state index is -2.45. The Morgan fingerprint density at radius 3 is 1.97 bits per heavy atom. The Morgan fingerprint density at radius 2 is 1.33 bits per heavy atom. The summed E-state index contributed by atoms with van der Waals surface area (Å²) in [5, 5.41) is 22.2. The van der Waals surface area contributed by atoms with Crippen molar-refractivity contribution in [3.8, 4) is 11.5 Å². The second-order valence-corrected chi connectivity index (χ2v) is 11.1. The third-order valence-corrected chi connectivity index (χ3v) is 7.53. The number of phenols is 1.